The molecule has 138 valence electrons. The van der Waals surface area contributed by atoms with Gasteiger partial charge >= 0.3 is 0 Å². The number of nitrogens with one attached hydrogen (secondary N) is 1. The average Bonchev–Trinajstić information content (AvgIpc) is 2.58. The van der Waals surface area contributed by atoms with Crippen molar-refractivity contribution in [2.45, 2.75) is 84.0 Å². The van der Waals surface area contributed by atoms with Crippen molar-refractivity contribution < 1.29 is 9.59 Å². The second kappa shape index (κ2) is 17.9. The average molecular weight is 337 g/mol. The van der Waals surface area contributed by atoms with E-state index in [9.17, 15) is 9.59 Å². The fourth-order valence-electron chi connectivity index (χ4n) is 2.37. The number of carbonyl (C=O) groups is 2. The van der Waals surface area contributed by atoms with E-state index >= 15 is 0 Å². The second-order valence-electron chi connectivity index (χ2n) is 6.16. The van der Waals surface area contributed by atoms with Crippen LogP contribution < -0.4 is 11.1 Å². The predicted octanol–water partition coefficient (Wildman–Crippen LogP) is 4.40. The minimum atomic E-state index is -0.400. The maximum Gasteiger partial charge on any atom is 0.240 e. The molecule has 0 aromatic carbocycles. The van der Waals surface area contributed by atoms with Crippen molar-refractivity contribution >= 4 is 11.8 Å². The van der Waals surface area contributed by atoms with E-state index in [4.69, 9.17) is 5.73 Å². The molecule has 0 aliphatic rings. The summed E-state index contributed by atoms with van der Waals surface area (Å²) in [6.07, 6.45) is 22.2. The van der Waals surface area contributed by atoms with Crippen molar-refractivity contribution in [2.24, 2.45) is 5.73 Å². The molecule has 0 heterocycles. The maximum atomic E-state index is 11.3. The molecule has 0 unspecified atom stereocenters. The smallest absolute Gasteiger partial charge is 0.240 e. The van der Waals surface area contributed by atoms with E-state index in [1.165, 1.54) is 38.5 Å². The third kappa shape index (κ3) is 16.9. The Bertz CT molecular complexity index is 376. The van der Waals surface area contributed by atoms with E-state index in [0.29, 0.717) is 6.42 Å². The van der Waals surface area contributed by atoms with Crippen LogP contribution in [0.3, 0.4) is 0 Å². The van der Waals surface area contributed by atoms with Crippen LogP contribution in [0.4, 0.5) is 0 Å². The number of imide groups is 1. The van der Waals surface area contributed by atoms with Crippen LogP contribution in [0.1, 0.15) is 84.0 Å². The Morgan fingerprint density at radius 1 is 0.792 bits per heavy atom. The molecule has 0 saturated heterocycles. The van der Waals surface area contributed by atoms with Crippen molar-refractivity contribution in [1.82, 2.24) is 5.32 Å². The first-order chi connectivity index (χ1) is 11.7. The van der Waals surface area contributed by atoms with Gasteiger partial charge in [-0.1, -0.05) is 63.3 Å². The molecule has 4 nitrogen and oxygen atoms in total. The van der Waals surface area contributed by atoms with Gasteiger partial charge in [-0.05, 0) is 38.5 Å². The molecular formula is C20H36N2O2. The van der Waals surface area contributed by atoms with Crippen molar-refractivity contribution in [3.8, 4) is 0 Å². The lowest BCUT2D eigenvalue weighted by molar-refractivity contribution is -0.129. The zero-order chi connectivity index (χ0) is 17.9. The third-order valence-corrected chi connectivity index (χ3v) is 3.82. The number of hydrogen-bond donors (Lipinski definition) is 2. The molecule has 0 spiro atoms. The quantitative estimate of drug-likeness (QED) is 0.344. The number of amides is 2. The van der Waals surface area contributed by atoms with Gasteiger partial charge in [-0.2, -0.15) is 0 Å². The topological polar surface area (TPSA) is 72.2 Å². The molecule has 3 N–H and O–H groups in total. The molecule has 2 amide bonds. The number of rotatable bonds is 15. The molecule has 4 heteroatoms. The van der Waals surface area contributed by atoms with Crippen LogP contribution in [0.5, 0.6) is 0 Å². The molecule has 0 rings (SSSR count). The highest BCUT2D eigenvalue weighted by atomic mass is 16.2. The van der Waals surface area contributed by atoms with E-state index in [0.717, 1.165) is 32.1 Å². The molecule has 0 aromatic heterocycles. The van der Waals surface area contributed by atoms with Crippen LogP contribution in [0.15, 0.2) is 24.3 Å². The van der Waals surface area contributed by atoms with E-state index in [2.05, 4.69) is 36.5 Å². The van der Waals surface area contributed by atoms with Gasteiger partial charge in [-0.25, -0.2) is 0 Å². The first kappa shape index (κ1) is 22.6. The zero-order valence-corrected chi connectivity index (χ0v) is 15.4. The fraction of sp³-hybridized carbons (Fsp3) is 0.700. The first-order valence-corrected chi connectivity index (χ1v) is 9.53. The summed E-state index contributed by atoms with van der Waals surface area (Å²) in [6, 6.07) is 0. The molecule has 0 bridgehead atoms. The van der Waals surface area contributed by atoms with Crippen molar-refractivity contribution in [3.05, 3.63) is 24.3 Å². The largest absolute Gasteiger partial charge is 0.322 e. The minimum Gasteiger partial charge on any atom is -0.322 e. The van der Waals surface area contributed by atoms with Crippen LogP contribution in [0, 0.1) is 0 Å². The Labute approximate surface area is 148 Å². The van der Waals surface area contributed by atoms with Gasteiger partial charge in [0, 0.05) is 6.42 Å². The molecule has 0 aliphatic carbocycles. The van der Waals surface area contributed by atoms with Gasteiger partial charge in [-0.3, -0.25) is 14.9 Å². The van der Waals surface area contributed by atoms with Crippen molar-refractivity contribution in [2.75, 3.05) is 6.54 Å². The van der Waals surface area contributed by atoms with Gasteiger partial charge in [0.05, 0.1) is 6.54 Å². The zero-order valence-electron chi connectivity index (χ0n) is 15.4. The monoisotopic (exact) mass is 336 g/mol. The summed E-state index contributed by atoms with van der Waals surface area (Å²) in [5.41, 5.74) is 5.13. The highest BCUT2D eigenvalue weighted by molar-refractivity contribution is 5.95. The van der Waals surface area contributed by atoms with Gasteiger partial charge < -0.3 is 5.73 Å². The van der Waals surface area contributed by atoms with Crippen LogP contribution in [0.25, 0.3) is 0 Å². The van der Waals surface area contributed by atoms with Gasteiger partial charge in [-0.15, -0.1) is 0 Å². The summed E-state index contributed by atoms with van der Waals surface area (Å²) in [5, 5.41) is 2.26. The summed E-state index contributed by atoms with van der Waals surface area (Å²) in [7, 11) is 0. The van der Waals surface area contributed by atoms with Crippen LogP contribution >= 0.6 is 0 Å². The maximum absolute atomic E-state index is 11.3. The summed E-state index contributed by atoms with van der Waals surface area (Å²) in [6.45, 7) is 2.10. The minimum absolute atomic E-state index is 0.131. The Balaban J connectivity index is 3.31. The lowest BCUT2D eigenvalue weighted by Gasteiger charge is -2.02. The third-order valence-electron chi connectivity index (χ3n) is 3.82. The van der Waals surface area contributed by atoms with E-state index in [-0.39, 0.29) is 12.5 Å². The Hall–Kier alpha value is -1.42. The molecule has 0 atom stereocenters. The standard InChI is InChI=1S/C20H36N2O2/c1-2-3-4-5-6-7-8-9-10-11-12-13-14-15-16-17-19(23)22-20(24)18-21/h6-7,9-10H,2-5,8,11-18,21H2,1H3,(H,22,23,24)/b7-6-,10-9-. The second-order valence-corrected chi connectivity index (χ2v) is 6.16. The fourth-order valence-corrected chi connectivity index (χ4v) is 2.37. The molecule has 0 aliphatic heterocycles. The van der Waals surface area contributed by atoms with Gasteiger partial charge in [0.15, 0.2) is 0 Å². The first-order valence-electron chi connectivity index (χ1n) is 9.53. The number of nitrogens with two attached hydrogens (primary N) is 1. The highest BCUT2D eigenvalue weighted by Gasteiger charge is 2.04. The Morgan fingerprint density at radius 2 is 1.38 bits per heavy atom. The Kier molecular flexibility index (Phi) is 16.9. The van der Waals surface area contributed by atoms with Crippen LogP contribution in [0.2, 0.25) is 0 Å². The van der Waals surface area contributed by atoms with Crippen molar-refractivity contribution in [1.29, 1.82) is 0 Å². The summed E-state index contributed by atoms with van der Waals surface area (Å²) in [4.78, 5) is 22.3. The van der Waals surface area contributed by atoms with Gasteiger partial charge in [0.2, 0.25) is 11.8 Å². The lowest BCUT2D eigenvalue weighted by atomic mass is 10.1. The SMILES string of the molecule is CCCCC/C=C\C/C=C\CCCCCCCC(=O)NC(=O)CN. The summed E-state index contributed by atoms with van der Waals surface area (Å²) >= 11 is 0. The van der Waals surface area contributed by atoms with E-state index in [1.807, 2.05) is 0 Å². The molecule has 0 radical (unpaired) electrons. The molecule has 0 saturated carbocycles. The molecule has 0 aromatic rings. The van der Waals surface area contributed by atoms with Gasteiger partial charge in [0.25, 0.3) is 0 Å². The van der Waals surface area contributed by atoms with E-state index in [1.54, 1.807) is 0 Å². The normalized spacial score (nSPS) is 11.4. The lowest BCUT2D eigenvalue weighted by Crippen LogP contribution is -2.35. The van der Waals surface area contributed by atoms with Crippen molar-refractivity contribution in [3.63, 3.8) is 0 Å². The van der Waals surface area contributed by atoms with Crippen LogP contribution in [-0.2, 0) is 9.59 Å². The molecule has 0 fully saturated rings. The number of allylic oxidation sites excluding steroid dienone is 4. The number of carbonyl (C=O) groups excluding carboxylic acids is 2. The summed E-state index contributed by atoms with van der Waals surface area (Å²) in [5.74, 6) is -0.612. The van der Waals surface area contributed by atoms with Crippen LogP contribution in [-0.4, -0.2) is 18.4 Å². The summed E-state index contributed by atoms with van der Waals surface area (Å²) < 4.78 is 0. The highest BCUT2D eigenvalue weighted by Crippen LogP contribution is 2.08. The number of hydrogen-bond acceptors (Lipinski definition) is 3. The predicted molar refractivity (Wildman–Crippen MR) is 102 cm³/mol. The molecule has 24 heavy (non-hydrogen) atoms. The Morgan fingerprint density at radius 3 is 2.00 bits per heavy atom. The van der Waals surface area contributed by atoms with E-state index < -0.39 is 5.91 Å². The van der Waals surface area contributed by atoms with Gasteiger partial charge in [0.1, 0.15) is 0 Å². The molecular weight excluding hydrogens is 300 g/mol. The number of unbranched alkanes of at least 4 members (excludes halogenated alkanes) is 8.